The summed E-state index contributed by atoms with van der Waals surface area (Å²) in [6, 6.07) is 14.7. The number of halogens is 3. The molecule has 0 spiro atoms. The van der Waals surface area contributed by atoms with Gasteiger partial charge in [0.1, 0.15) is 0 Å². The molecule has 1 nitrogen and oxygen atoms in total. The minimum absolute atomic E-state index is 0.286. The van der Waals surface area contributed by atoms with Gasteiger partial charge in [0.2, 0.25) is 0 Å². The van der Waals surface area contributed by atoms with Crippen molar-refractivity contribution in [2.75, 3.05) is 6.54 Å². The van der Waals surface area contributed by atoms with Gasteiger partial charge in [0.25, 0.3) is 0 Å². The highest BCUT2D eigenvalue weighted by atomic mass is 79.9. The highest BCUT2D eigenvalue weighted by molar-refractivity contribution is 9.11. The second kappa shape index (κ2) is 8.33. The monoisotopic (exact) mass is 429 g/mol. The molecular formula is C17H18Br2ClN. The number of hydrogen-bond donors (Lipinski definition) is 1. The lowest BCUT2D eigenvalue weighted by atomic mass is 9.99. The summed E-state index contributed by atoms with van der Waals surface area (Å²) in [5, 5.41) is 4.41. The maximum absolute atomic E-state index is 5.96. The van der Waals surface area contributed by atoms with Gasteiger partial charge in [-0.1, -0.05) is 68.6 Å². The molecule has 1 atom stereocenters. The Bertz CT molecular complexity index is 584. The van der Waals surface area contributed by atoms with Gasteiger partial charge in [0.05, 0.1) is 0 Å². The van der Waals surface area contributed by atoms with E-state index in [0.29, 0.717) is 0 Å². The van der Waals surface area contributed by atoms with Crippen LogP contribution < -0.4 is 5.32 Å². The lowest BCUT2D eigenvalue weighted by Crippen LogP contribution is -2.24. The molecule has 2 aromatic rings. The SMILES string of the molecule is CCCNC(Cc1ccc(Cl)cc1)c1ccc(Br)cc1Br. The van der Waals surface area contributed by atoms with Crippen molar-refractivity contribution in [3.8, 4) is 0 Å². The Morgan fingerprint density at radius 3 is 2.43 bits per heavy atom. The number of nitrogens with one attached hydrogen (secondary N) is 1. The van der Waals surface area contributed by atoms with E-state index in [9.17, 15) is 0 Å². The summed E-state index contributed by atoms with van der Waals surface area (Å²) in [6.07, 6.45) is 2.06. The third kappa shape index (κ3) is 5.10. The fourth-order valence-corrected chi connectivity index (χ4v) is 3.70. The first kappa shape index (κ1) is 17.0. The average molecular weight is 432 g/mol. The van der Waals surface area contributed by atoms with Crippen LogP contribution >= 0.6 is 43.5 Å². The summed E-state index contributed by atoms with van der Waals surface area (Å²) in [4.78, 5) is 0. The first-order valence-corrected chi connectivity index (χ1v) is 8.99. The van der Waals surface area contributed by atoms with Crippen LogP contribution in [0.25, 0.3) is 0 Å². The Morgan fingerprint density at radius 2 is 1.81 bits per heavy atom. The van der Waals surface area contributed by atoms with Crippen LogP contribution in [0.2, 0.25) is 5.02 Å². The van der Waals surface area contributed by atoms with Crippen molar-refractivity contribution < 1.29 is 0 Å². The molecule has 1 N–H and O–H groups in total. The standard InChI is InChI=1S/C17H18Br2ClN/c1-2-9-21-17(10-12-3-6-14(20)7-4-12)15-8-5-13(18)11-16(15)19/h3-8,11,17,21H,2,9-10H2,1H3. The van der Waals surface area contributed by atoms with Gasteiger partial charge in [-0.25, -0.2) is 0 Å². The van der Waals surface area contributed by atoms with Crippen LogP contribution in [0.5, 0.6) is 0 Å². The first-order valence-electron chi connectivity index (χ1n) is 7.03. The van der Waals surface area contributed by atoms with Crippen molar-refractivity contribution in [2.45, 2.75) is 25.8 Å². The molecule has 0 radical (unpaired) electrons. The fourth-order valence-electron chi connectivity index (χ4n) is 2.25. The molecule has 0 aliphatic carbocycles. The average Bonchev–Trinajstić information content (AvgIpc) is 2.46. The molecule has 112 valence electrons. The van der Waals surface area contributed by atoms with Gasteiger partial charge < -0.3 is 5.32 Å². The Kier molecular flexibility index (Phi) is 6.74. The molecular weight excluding hydrogens is 413 g/mol. The molecule has 0 aromatic heterocycles. The zero-order valence-corrected chi connectivity index (χ0v) is 15.8. The summed E-state index contributed by atoms with van der Waals surface area (Å²) in [6.45, 7) is 3.18. The van der Waals surface area contributed by atoms with Gasteiger partial charge in [-0.3, -0.25) is 0 Å². The van der Waals surface area contributed by atoms with Gasteiger partial charge in [-0.05, 0) is 54.8 Å². The van der Waals surface area contributed by atoms with E-state index in [1.54, 1.807) is 0 Å². The largest absolute Gasteiger partial charge is 0.310 e. The first-order chi connectivity index (χ1) is 10.1. The molecule has 1 unspecified atom stereocenters. The van der Waals surface area contributed by atoms with Crippen molar-refractivity contribution in [3.63, 3.8) is 0 Å². The van der Waals surface area contributed by atoms with E-state index in [1.807, 2.05) is 12.1 Å². The van der Waals surface area contributed by atoms with E-state index in [1.165, 1.54) is 11.1 Å². The fraction of sp³-hybridized carbons (Fsp3) is 0.294. The Balaban J connectivity index is 2.22. The summed E-state index contributed by atoms with van der Waals surface area (Å²) >= 11 is 13.1. The van der Waals surface area contributed by atoms with Gasteiger partial charge in [0.15, 0.2) is 0 Å². The summed E-state index contributed by atoms with van der Waals surface area (Å²) < 4.78 is 2.21. The number of benzene rings is 2. The zero-order valence-electron chi connectivity index (χ0n) is 11.9. The molecule has 21 heavy (non-hydrogen) atoms. The smallest absolute Gasteiger partial charge is 0.0406 e. The summed E-state index contributed by atoms with van der Waals surface area (Å²) in [5.74, 6) is 0. The minimum atomic E-state index is 0.286. The maximum Gasteiger partial charge on any atom is 0.0406 e. The van der Waals surface area contributed by atoms with E-state index in [4.69, 9.17) is 11.6 Å². The number of rotatable bonds is 6. The molecule has 0 saturated heterocycles. The Hall–Kier alpha value is -0.350. The van der Waals surface area contributed by atoms with Crippen molar-refractivity contribution in [2.24, 2.45) is 0 Å². The van der Waals surface area contributed by atoms with Crippen LogP contribution in [0, 0.1) is 0 Å². The molecule has 0 heterocycles. The maximum atomic E-state index is 5.96. The van der Waals surface area contributed by atoms with Crippen LogP contribution in [-0.2, 0) is 6.42 Å². The second-order valence-corrected chi connectivity index (χ2v) is 7.21. The molecule has 0 bridgehead atoms. The van der Waals surface area contributed by atoms with E-state index in [2.05, 4.69) is 74.4 Å². The van der Waals surface area contributed by atoms with Gasteiger partial charge in [0, 0.05) is 20.0 Å². The number of hydrogen-bond acceptors (Lipinski definition) is 1. The van der Waals surface area contributed by atoms with Crippen molar-refractivity contribution >= 4 is 43.5 Å². The Labute approximate surface area is 148 Å². The summed E-state index contributed by atoms with van der Waals surface area (Å²) in [5.41, 5.74) is 2.56. The van der Waals surface area contributed by atoms with Crippen molar-refractivity contribution in [3.05, 3.63) is 67.6 Å². The van der Waals surface area contributed by atoms with Crippen LogP contribution in [0.1, 0.15) is 30.5 Å². The molecule has 2 rings (SSSR count). The summed E-state index contributed by atoms with van der Waals surface area (Å²) in [7, 11) is 0. The van der Waals surface area contributed by atoms with Gasteiger partial charge in [-0.2, -0.15) is 0 Å². The normalized spacial score (nSPS) is 12.4. The zero-order chi connectivity index (χ0) is 15.2. The second-order valence-electron chi connectivity index (χ2n) is 5.00. The molecule has 4 heteroatoms. The van der Waals surface area contributed by atoms with E-state index >= 15 is 0 Å². The molecule has 0 aliphatic heterocycles. The van der Waals surface area contributed by atoms with Gasteiger partial charge >= 0.3 is 0 Å². The van der Waals surface area contributed by atoms with E-state index in [-0.39, 0.29) is 6.04 Å². The van der Waals surface area contributed by atoms with Crippen molar-refractivity contribution in [1.29, 1.82) is 0 Å². The van der Waals surface area contributed by atoms with Crippen LogP contribution in [0.4, 0.5) is 0 Å². The Morgan fingerprint density at radius 1 is 1.10 bits per heavy atom. The van der Waals surface area contributed by atoms with E-state index in [0.717, 1.165) is 33.4 Å². The minimum Gasteiger partial charge on any atom is -0.310 e. The predicted octanol–water partition coefficient (Wildman–Crippen LogP) is 6.15. The van der Waals surface area contributed by atoms with Crippen LogP contribution in [-0.4, -0.2) is 6.54 Å². The van der Waals surface area contributed by atoms with Gasteiger partial charge in [-0.15, -0.1) is 0 Å². The quantitative estimate of drug-likeness (QED) is 0.579. The van der Waals surface area contributed by atoms with Crippen LogP contribution in [0.3, 0.4) is 0 Å². The van der Waals surface area contributed by atoms with Crippen LogP contribution in [0.15, 0.2) is 51.4 Å². The highest BCUT2D eigenvalue weighted by Crippen LogP contribution is 2.29. The molecule has 0 amide bonds. The molecule has 2 aromatic carbocycles. The third-order valence-electron chi connectivity index (χ3n) is 3.33. The lowest BCUT2D eigenvalue weighted by molar-refractivity contribution is 0.527. The predicted molar refractivity (Wildman–Crippen MR) is 98.0 cm³/mol. The topological polar surface area (TPSA) is 12.0 Å². The molecule has 0 saturated carbocycles. The highest BCUT2D eigenvalue weighted by Gasteiger charge is 2.14. The molecule has 0 aliphatic rings. The van der Waals surface area contributed by atoms with Crippen molar-refractivity contribution in [1.82, 2.24) is 5.32 Å². The third-order valence-corrected chi connectivity index (χ3v) is 4.76. The molecule has 0 fully saturated rings. The van der Waals surface area contributed by atoms with E-state index < -0.39 is 0 Å². The lowest BCUT2D eigenvalue weighted by Gasteiger charge is -2.21.